The number of pyridine rings is 1. The fraction of sp³-hybridized carbons (Fsp3) is 0.250. The fourth-order valence-electron chi connectivity index (χ4n) is 3.45. The summed E-state index contributed by atoms with van der Waals surface area (Å²) in [6.07, 6.45) is 5.53. The molecule has 0 saturated carbocycles. The normalized spacial score (nSPS) is 16.7. The van der Waals surface area contributed by atoms with E-state index in [1.54, 1.807) is 19.4 Å². The lowest BCUT2D eigenvalue weighted by atomic mass is 10.1. The first-order chi connectivity index (χ1) is 12.8. The number of rotatable bonds is 4. The van der Waals surface area contributed by atoms with Crippen LogP contribution in [0.15, 0.2) is 54.9 Å². The minimum atomic E-state index is -0.0296. The van der Waals surface area contributed by atoms with Gasteiger partial charge in [-0.1, -0.05) is 18.2 Å². The molecule has 1 saturated heterocycles. The van der Waals surface area contributed by atoms with E-state index in [9.17, 15) is 4.79 Å². The zero-order valence-corrected chi connectivity index (χ0v) is 14.6. The summed E-state index contributed by atoms with van der Waals surface area (Å²) >= 11 is 0. The maximum Gasteiger partial charge on any atom is 0.272 e. The van der Waals surface area contributed by atoms with E-state index in [1.807, 2.05) is 47.5 Å². The van der Waals surface area contributed by atoms with Gasteiger partial charge in [-0.3, -0.25) is 14.9 Å². The van der Waals surface area contributed by atoms with E-state index >= 15 is 0 Å². The van der Waals surface area contributed by atoms with E-state index in [0.29, 0.717) is 5.69 Å². The second-order valence-corrected chi connectivity index (χ2v) is 6.34. The summed E-state index contributed by atoms with van der Waals surface area (Å²) in [6, 6.07) is 13.4. The second kappa shape index (κ2) is 7.00. The lowest BCUT2D eigenvalue weighted by molar-refractivity contribution is 0.0729. The van der Waals surface area contributed by atoms with Crippen LogP contribution >= 0.6 is 0 Å². The van der Waals surface area contributed by atoms with Crippen LogP contribution in [-0.4, -0.2) is 39.6 Å². The zero-order valence-electron chi connectivity index (χ0n) is 14.6. The third-order valence-corrected chi connectivity index (χ3v) is 4.76. The molecule has 0 spiro atoms. The minimum absolute atomic E-state index is 0.0296. The zero-order chi connectivity index (χ0) is 17.9. The number of hydrogen-bond donors (Lipinski definition) is 1. The molecule has 132 valence electrons. The Hall–Kier alpha value is -3.15. The molecule has 0 bridgehead atoms. The quantitative estimate of drug-likeness (QED) is 0.784. The van der Waals surface area contributed by atoms with Crippen molar-refractivity contribution >= 4 is 5.91 Å². The molecule has 3 aromatic rings. The number of hydrogen-bond acceptors (Lipinski definition) is 4. The van der Waals surface area contributed by atoms with E-state index in [0.717, 1.165) is 42.0 Å². The molecule has 3 heterocycles. The fourth-order valence-corrected chi connectivity index (χ4v) is 3.45. The van der Waals surface area contributed by atoms with Crippen molar-refractivity contribution in [1.29, 1.82) is 0 Å². The molecule has 1 atom stereocenters. The van der Waals surface area contributed by atoms with Crippen molar-refractivity contribution in [3.05, 3.63) is 66.1 Å². The predicted molar refractivity (Wildman–Crippen MR) is 97.8 cm³/mol. The lowest BCUT2D eigenvalue weighted by Crippen LogP contribution is -2.30. The van der Waals surface area contributed by atoms with Crippen LogP contribution in [0.4, 0.5) is 0 Å². The summed E-state index contributed by atoms with van der Waals surface area (Å²) in [4.78, 5) is 19.1. The third kappa shape index (κ3) is 3.06. The van der Waals surface area contributed by atoms with Crippen molar-refractivity contribution < 1.29 is 9.53 Å². The van der Waals surface area contributed by atoms with E-state index in [-0.39, 0.29) is 11.9 Å². The number of benzene rings is 1. The SMILES string of the molecule is COc1cccc(-c2cc(C(=O)N3CCC[C@H]3c3cccnc3)[nH]n2)c1. The summed E-state index contributed by atoms with van der Waals surface area (Å²) in [5, 5.41) is 7.20. The molecule has 0 radical (unpaired) electrons. The first kappa shape index (κ1) is 16.3. The van der Waals surface area contributed by atoms with Gasteiger partial charge in [0.15, 0.2) is 0 Å². The highest BCUT2D eigenvalue weighted by molar-refractivity contribution is 5.94. The van der Waals surface area contributed by atoms with Crippen LogP contribution in [0.5, 0.6) is 5.75 Å². The van der Waals surface area contributed by atoms with Crippen molar-refractivity contribution in [2.45, 2.75) is 18.9 Å². The van der Waals surface area contributed by atoms with Crippen LogP contribution in [-0.2, 0) is 0 Å². The number of ether oxygens (including phenoxy) is 1. The molecule has 1 fully saturated rings. The Balaban J connectivity index is 1.58. The minimum Gasteiger partial charge on any atom is -0.497 e. The topological polar surface area (TPSA) is 71.1 Å². The highest BCUT2D eigenvalue weighted by Gasteiger charge is 2.31. The van der Waals surface area contributed by atoms with Crippen LogP contribution in [0.1, 0.15) is 34.9 Å². The van der Waals surface area contributed by atoms with Gasteiger partial charge in [0.1, 0.15) is 11.4 Å². The molecular formula is C20H20N4O2. The van der Waals surface area contributed by atoms with E-state index in [1.165, 1.54) is 0 Å². The van der Waals surface area contributed by atoms with E-state index < -0.39 is 0 Å². The number of amides is 1. The van der Waals surface area contributed by atoms with Gasteiger partial charge in [0, 0.05) is 24.5 Å². The summed E-state index contributed by atoms with van der Waals surface area (Å²) < 4.78 is 5.26. The van der Waals surface area contributed by atoms with Crippen molar-refractivity contribution in [2.24, 2.45) is 0 Å². The Labute approximate surface area is 151 Å². The number of carbonyl (C=O) groups is 1. The Kier molecular flexibility index (Phi) is 4.39. The molecule has 1 aromatic carbocycles. The number of nitrogens with zero attached hydrogens (tertiary/aromatic N) is 3. The van der Waals surface area contributed by atoms with E-state index in [4.69, 9.17) is 4.74 Å². The molecule has 1 aliphatic rings. The van der Waals surface area contributed by atoms with Crippen LogP contribution in [0.25, 0.3) is 11.3 Å². The molecule has 6 heteroatoms. The average molecular weight is 348 g/mol. The number of H-pyrrole nitrogens is 1. The van der Waals surface area contributed by atoms with Crippen molar-refractivity contribution in [2.75, 3.05) is 13.7 Å². The number of methoxy groups -OCH3 is 1. The van der Waals surface area contributed by atoms with E-state index in [2.05, 4.69) is 15.2 Å². The van der Waals surface area contributed by atoms with Crippen LogP contribution in [0, 0.1) is 0 Å². The summed E-state index contributed by atoms with van der Waals surface area (Å²) in [6.45, 7) is 0.742. The van der Waals surface area contributed by atoms with Crippen molar-refractivity contribution in [3.63, 3.8) is 0 Å². The summed E-state index contributed by atoms with van der Waals surface area (Å²) in [5.74, 6) is 0.729. The summed E-state index contributed by atoms with van der Waals surface area (Å²) in [5.41, 5.74) is 3.21. The molecule has 1 N–H and O–H groups in total. The monoisotopic (exact) mass is 348 g/mol. The molecule has 26 heavy (non-hydrogen) atoms. The first-order valence-electron chi connectivity index (χ1n) is 8.67. The van der Waals surface area contributed by atoms with Gasteiger partial charge in [-0.15, -0.1) is 0 Å². The Morgan fingerprint density at radius 3 is 3.00 bits per heavy atom. The molecule has 1 amide bonds. The maximum absolute atomic E-state index is 13.0. The van der Waals surface area contributed by atoms with Gasteiger partial charge < -0.3 is 9.64 Å². The Morgan fingerprint density at radius 1 is 1.27 bits per heavy atom. The lowest BCUT2D eigenvalue weighted by Gasteiger charge is -2.24. The van der Waals surface area contributed by atoms with Gasteiger partial charge in [-0.25, -0.2) is 0 Å². The van der Waals surface area contributed by atoms with Crippen molar-refractivity contribution in [3.8, 4) is 17.0 Å². The highest BCUT2D eigenvalue weighted by atomic mass is 16.5. The molecule has 1 aliphatic heterocycles. The van der Waals surface area contributed by atoms with Gasteiger partial charge in [-0.05, 0) is 42.7 Å². The summed E-state index contributed by atoms with van der Waals surface area (Å²) in [7, 11) is 1.63. The highest BCUT2D eigenvalue weighted by Crippen LogP contribution is 2.33. The second-order valence-electron chi connectivity index (χ2n) is 6.34. The van der Waals surface area contributed by atoms with Gasteiger partial charge in [0.05, 0.1) is 18.8 Å². The maximum atomic E-state index is 13.0. The van der Waals surface area contributed by atoms with Gasteiger partial charge in [0.2, 0.25) is 0 Å². The van der Waals surface area contributed by atoms with Gasteiger partial charge in [0.25, 0.3) is 5.91 Å². The number of carbonyl (C=O) groups excluding carboxylic acids is 1. The molecule has 0 aliphatic carbocycles. The average Bonchev–Trinajstić information content (AvgIpc) is 3.38. The number of aromatic amines is 1. The molecule has 0 unspecified atom stereocenters. The Morgan fingerprint density at radius 2 is 2.19 bits per heavy atom. The Bertz CT molecular complexity index is 907. The molecule has 6 nitrogen and oxygen atoms in total. The largest absolute Gasteiger partial charge is 0.497 e. The molecule has 4 rings (SSSR count). The van der Waals surface area contributed by atoms with Gasteiger partial charge >= 0.3 is 0 Å². The predicted octanol–water partition coefficient (Wildman–Crippen LogP) is 3.46. The van der Waals surface area contributed by atoms with Crippen molar-refractivity contribution in [1.82, 2.24) is 20.1 Å². The van der Waals surface area contributed by atoms with Crippen LogP contribution < -0.4 is 4.74 Å². The standard InChI is InChI=1S/C20H20N4O2/c1-26-16-7-2-5-14(11-16)17-12-18(23-22-17)20(25)24-10-4-8-19(24)15-6-3-9-21-13-15/h2-3,5-7,9,11-13,19H,4,8,10H2,1H3,(H,22,23)/t19-/m0/s1. The number of aromatic nitrogens is 3. The molecule has 2 aromatic heterocycles. The first-order valence-corrected chi connectivity index (χ1v) is 8.67. The third-order valence-electron chi connectivity index (χ3n) is 4.76. The van der Waals surface area contributed by atoms with Gasteiger partial charge in [-0.2, -0.15) is 5.10 Å². The number of nitrogens with one attached hydrogen (secondary N) is 1. The smallest absolute Gasteiger partial charge is 0.272 e. The van der Waals surface area contributed by atoms with Crippen LogP contribution in [0.3, 0.4) is 0 Å². The van der Waals surface area contributed by atoms with Crippen LogP contribution in [0.2, 0.25) is 0 Å². The number of likely N-dealkylation sites (tertiary alicyclic amines) is 1. The molecular weight excluding hydrogens is 328 g/mol.